The van der Waals surface area contributed by atoms with E-state index < -0.39 is 0 Å². The van der Waals surface area contributed by atoms with E-state index in [1.54, 1.807) is 6.20 Å². The number of carbonyl (C=O) groups is 1. The molecular weight excluding hydrogens is 300 g/mol. The van der Waals surface area contributed by atoms with Crippen molar-refractivity contribution < 1.29 is 4.79 Å². The van der Waals surface area contributed by atoms with Crippen molar-refractivity contribution in [3.8, 4) is 0 Å². The maximum absolute atomic E-state index is 11.6. The molecule has 5 heteroatoms. The van der Waals surface area contributed by atoms with Gasteiger partial charge in [-0.1, -0.05) is 6.92 Å². The maximum Gasteiger partial charge on any atom is 0.224 e. The van der Waals surface area contributed by atoms with Crippen LogP contribution in [0.2, 0.25) is 0 Å². The molecule has 1 aliphatic rings. The molecule has 1 saturated heterocycles. The molecule has 0 atom stereocenters. The minimum Gasteiger partial charge on any atom is -0.372 e. The van der Waals surface area contributed by atoms with Gasteiger partial charge in [0.2, 0.25) is 5.91 Å². The summed E-state index contributed by atoms with van der Waals surface area (Å²) in [6.07, 6.45) is 5.61. The Bertz CT molecular complexity index is 661. The standard InChI is InChI=1S/C19H24N4O/c1-2-5-19(24)22-16-8-11-18(20-14-16)21-15-6-9-17(10-7-15)23-12-3-4-13-23/h6-11,14H,2-5,12-13H2,1H3,(H,20,21)(H,22,24). The fourth-order valence-corrected chi connectivity index (χ4v) is 2.87. The van der Waals surface area contributed by atoms with Crippen LogP contribution in [0.4, 0.5) is 22.9 Å². The van der Waals surface area contributed by atoms with Crippen LogP contribution in [0.15, 0.2) is 42.6 Å². The maximum atomic E-state index is 11.6. The lowest BCUT2D eigenvalue weighted by molar-refractivity contribution is -0.116. The topological polar surface area (TPSA) is 57.3 Å². The minimum atomic E-state index is 0.0255. The molecular formula is C19H24N4O. The Morgan fingerprint density at radius 2 is 1.79 bits per heavy atom. The van der Waals surface area contributed by atoms with E-state index in [-0.39, 0.29) is 5.91 Å². The Kier molecular flexibility index (Phi) is 5.31. The van der Waals surface area contributed by atoms with Gasteiger partial charge in [0.25, 0.3) is 0 Å². The molecule has 0 bridgehead atoms. The molecule has 1 aromatic heterocycles. The number of carbonyl (C=O) groups excluding carboxylic acids is 1. The molecule has 1 amide bonds. The van der Waals surface area contributed by atoms with Crippen LogP contribution in [0.3, 0.4) is 0 Å². The summed E-state index contributed by atoms with van der Waals surface area (Å²) in [4.78, 5) is 18.3. The summed E-state index contributed by atoms with van der Waals surface area (Å²) in [5.74, 6) is 0.787. The lowest BCUT2D eigenvalue weighted by atomic mass is 10.2. The highest BCUT2D eigenvalue weighted by atomic mass is 16.1. The van der Waals surface area contributed by atoms with Crippen molar-refractivity contribution in [2.45, 2.75) is 32.6 Å². The first-order valence-electron chi connectivity index (χ1n) is 8.62. The SMILES string of the molecule is CCCC(=O)Nc1ccc(Nc2ccc(N3CCCC3)cc2)nc1. The van der Waals surface area contributed by atoms with Gasteiger partial charge in [-0.3, -0.25) is 4.79 Å². The van der Waals surface area contributed by atoms with Gasteiger partial charge in [0, 0.05) is 30.9 Å². The summed E-state index contributed by atoms with van der Waals surface area (Å²) in [5, 5.41) is 6.12. The monoisotopic (exact) mass is 324 g/mol. The summed E-state index contributed by atoms with van der Waals surface area (Å²) >= 11 is 0. The molecule has 2 heterocycles. The predicted molar refractivity (Wildman–Crippen MR) is 98.9 cm³/mol. The first-order chi connectivity index (χ1) is 11.7. The third kappa shape index (κ3) is 4.25. The Morgan fingerprint density at radius 3 is 2.42 bits per heavy atom. The predicted octanol–water partition coefficient (Wildman–Crippen LogP) is 4.16. The van der Waals surface area contributed by atoms with Gasteiger partial charge in [-0.15, -0.1) is 0 Å². The van der Waals surface area contributed by atoms with E-state index in [0.717, 1.165) is 36.7 Å². The van der Waals surface area contributed by atoms with Crippen LogP contribution in [0.25, 0.3) is 0 Å². The van der Waals surface area contributed by atoms with Crippen molar-refractivity contribution in [3.63, 3.8) is 0 Å². The van der Waals surface area contributed by atoms with Crippen LogP contribution in [0.5, 0.6) is 0 Å². The Hall–Kier alpha value is -2.56. The number of pyridine rings is 1. The van der Waals surface area contributed by atoms with Crippen LogP contribution in [0, 0.1) is 0 Å². The molecule has 3 rings (SSSR count). The number of rotatable bonds is 6. The number of anilines is 4. The van der Waals surface area contributed by atoms with E-state index in [9.17, 15) is 4.79 Å². The second-order valence-electron chi connectivity index (χ2n) is 6.10. The minimum absolute atomic E-state index is 0.0255. The average Bonchev–Trinajstić information content (AvgIpc) is 3.12. The number of hydrogen-bond donors (Lipinski definition) is 2. The van der Waals surface area contributed by atoms with Crippen LogP contribution in [-0.4, -0.2) is 24.0 Å². The first-order valence-corrected chi connectivity index (χ1v) is 8.62. The summed E-state index contributed by atoms with van der Waals surface area (Å²) < 4.78 is 0. The highest BCUT2D eigenvalue weighted by Crippen LogP contribution is 2.23. The van der Waals surface area contributed by atoms with Crippen molar-refractivity contribution >= 4 is 28.8 Å². The van der Waals surface area contributed by atoms with Gasteiger partial charge in [0.15, 0.2) is 0 Å². The second-order valence-corrected chi connectivity index (χ2v) is 6.10. The van der Waals surface area contributed by atoms with Gasteiger partial charge in [0.1, 0.15) is 5.82 Å². The van der Waals surface area contributed by atoms with Crippen LogP contribution < -0.4 is 15.5 Å². The molecule has 0 spiro atoms. The quantitative estimate of drug-likeness (QED) is 0.837. The van der Waals surface area contributed by atoms with Crippen molar-refractivity contribution in [3.05, 3.63) is 42.6 Å². The average molecular weight is 324 g/mol. The molecule has 24 heavy (non-hydrogen) atoms. The smallest absolute Gasteiger partial charge is 0.224 e. The van der Waals surface area contributed by atoms with E-state index >= 15 is 0 Å². The summed E-state index contributed by atoms with van der Waals surface area (Å²) in [5.41, 5.74) is 3.01. The number of nitrogens with zero attached hydrogens (tertiary/aromatic N) is 2. The summed E-state index contributed by atoms with van der Waals surface area (Å²) in [7, 11) is 0. The Labute approximate surface area is 143 Å². The normalized spacial score (nSPS) is 13.8. The first kappa shape index (κ1) is 16.3. The molecule has 2 N–H and O–H groups in total. The molecule has 1 aliphatic heterocycles. The second kappa shape index (κ2) is 7.81. The third-order valence-corrected chi connectivity index (χ3v) is 4.14. The van der Waals surface area contributed by atoms with Gasteiger partial charge in [-0.2, -0.15) is 0 Å². The van der Waals surface area contributed by atoms with Gasteiger partial charge in [-0.25, -0.2) is 4.98 Å². The van der Waals surface area contributed by atoms with E-state index in [0.29, 0.717) is 6.42 Å². The highest BCUT2D eigenvalue weighted by molar-refractivity contribution is 5.90. The number of benzene rings is 1. The van der Waals surface area contributed by atoms with Gasteiger partial charge in [-0.05, 0) is 55.7 Å². The van der Waals surface area contributed by atoms with Gasteiger partial charge in [0.05, 0.1) is 11.9 Å². The molecule has 1 aromatic carbocycles. The molecule has 0 unspecified atom stereocenters. The Morgan fingerprint density at radius 1 is 1.08 bits per heavy atom. The summed E-state index contributed by atoms with van der Waals surface area (Å²) in [6, 6.07) is 12.2. The van der Waals surface area contributed by atoms with E-state index in [2.05, 4.69) is 44.8 Å². The van der Waals surface area contributed by atoms with Crippen molar-refractivity contribution in [2.24, 2.45) is 0 Å². The van der Waals surface area contributed by atoms with E-state index in [4.69, 9.17) is 0 Å². The zero-order valence-corrected chi connectivity index (χ0v) is 14.1. The molecule has 1 fully saturated rings. The number of hydrogen-bond acceptors (Lipinski definition) is 4. The number of aromatic nitrogens is 1. The lowest BCUT2D eigenvalue weighted by Gasteiger charge is -2.17. The molecule has 5 nitrogen and oxygen atoms in total. The zero-order chi connectivity index (χ0) is 16.8. The molecule has 2 aromatic rings. The summed E-state index contributed by atoms with van der Waals surface area (Å²) in [6.45, 7) is 4.29. The van der Waals surface area contributed by atoms with Gasteiger partial charge < -0.3 is 15.5 Å². The third-order valence-electron chi connectivity index (χ3n) is 4.14. The van der Waals surface area contributed by atoms with Crippen molar-refractivity contribution in [2.75, 3.05) is 28.6 Å². The van der Waals surface area contributed by atoms with E-state index in [1.807, 2.05) is 19.1 Å². The number of nitrogens with one attached hydrogen (secondary N) is 2. The fraction of sp³-hybridized carbons (Fsp3) is 0.368. The number of amides is 1. The van der Waals surface area contributed by atoms with Crippen molar-refractivity contribution in [1.82, 2.24) is 4.98 Å². The van der Waals surface area contributed by atoms with Crippen LogP contribution in [0.1, 0.15) is 32.6 Å². The largest absolute Gasteiger partial charge is 0.372 e. The highest BCUT2D eigenvalue weighted by Gasteiger charge is 2.11. The molecule has 0 radical (unpaired) electrons. The molecule has 0 saturated carbocycles. The van der Waals surface area contributed by atoms with Crippen LogP contribution in [-0.2, 0) is 4.79 Å². The lowest BCUT2D eigenvalue weighted by Crippen LogP contribution is -2.17. The van der Waals surface area contributed by atoms with E-state index in [1.165, 1.54) is 18.5 Å². The van der Waals surface area contributed by atoms with Crippen LogP contribution >= 0.6 is 0 Å². The molecule has 126 valence electrons. The Balaban J connectivity index is 1.58. The fourth-order valence-electron chi connectivity index (χ4n) is 2.87. The molecule has 0 aliphatic carbocycles. The van der Waals surface area contributed by atoms with Gasteiger partial charge >= 0.3 is 0 Å². The van der Waals surface area contributed by atoms with Crippen molar-refractivity contribution in [1.29, 1.82) is 0 Å². The zero-order valence-electron chi connectivity index (χ0n) is 14.1.